The molecule has 0 aliphatic carbocycles. The average Bonchev–Trinajstić information content (AvgIpc) is 2.70. The highest BCUT2D eigenvalue weighted by Crippen LogP contribution is 2.37. The van der Waals surface area contributed by atoms with Crippen molar-refractivity contribution in [3.63, 3.8) is 0 Å². The number of nitrogens with two attached hydrogens (primary N) is 1. The van der Waals surface area contributed by atoms with Crippen LogP contribution in [0.25, 0.3) is 0 Å². The summed E-state index contributed by atoms with van der Waals surface area (Å²) in [6.07, 6.45) is -0.0388. The van der Waals surface area contributed by atoms with E-state index >= 15 is 0 Å². The van der Waals surface area contributed by atoms with E-state index in [2.05, 4.69) is 20.6 Å². The van der Waals surface area contributed by atoms with Crippen LogP contribution in [-0.4, -0.2) is 48.1 Å². The topological polar surface area (TPSA) is 122 Å². The summed E-state index contributed by atoms with van der Waals surface area (Å²) in [5.74, 6) is -0.586. The zero-order chi connectivity index (χ0) is 20.5. The van der Waals surface area contributed by atoms with Gasteiger partial charge in [-0.15, -0.1) is 0 Å². The third-order valence-corrected chi connectivity index (χ3v) is 5.26. The van der Waals surface area contributed by atoms with E-state index in [0.717, 1.165) is 5.56 Å². The van der Waals surface area contributed by atoms with Gasteiger partial charge < -0.3 is 26.0 Å². The van der Waals surface area contributed by atoms with Crippen LogP contribution in [0, 0.1) is 6.92 Å². The van der Waals surface area contributed by atoms with E-state index in [1.165, 1.54) is 0 Å². The minimum atomic E-state index is -0.795. The Kier molecular flexibility index (Phi) is 5.25. The molecule has 2 amide bonds. The number of benzene rings is 1. The first-order valence-electron chi connectivity index (χ1n) is 9.29. The fraction of sp³-hybridized carbons (Fsp3) is 0.368. The van der Waals surface area contributed by atoms with Gasteiger partial charge in [-0.3, -0.25) is 9.59 Å². The summed E-state index contributed by atoms with van der Waals surface area (Å²) < 4.78 is 5.34. The molecule has 2 aliphatic heterocycles. The second-order valence-corrected chi connectivity index (χ2v) is 7.46. The SMILES string of the molecule is Cc1ccc(Cl)cc1NC(=O)[C@@H]1CC(=O)Nc2nc(N3CCOCC3)nc(N)c21. The fourth-order valence-electron chi connectivity index (χ4n) is 3.46. The Hall–Kier alpha value is -2.91. The lowest BCUT2D eigenvalue weighted by atomic mass is 9.91. The quantitative estimate of drug-likeness (QED) is 0.698. The fourth-order valence-corrected chi connectivity index (χ4v) is 3.63. The monoisotopic (exact) mass is 416 g/mol. The van der Waals surface area contributed by atoms with Crippen LogP contribution in [0.15, 0.2) is 18.2 Å². The Labute approximate surface area is 172 Å². The number of carbonyl (C=O) groups is 2. The van der Waals surface area contributed by atoms with Gasteiger partial charge in [0.1, 0.15) is 11.6 Å². The van der Waals surface area contributed by atoms with Crippen molar-refractivity contribution in [1.82, 2.24) is 9.97 Å². The number of hydrogen-bond acceptors (Lipinski definition) is 7. The van der Waals surface area contributed by atoms with E-state index in [4.69, 9.17) is 22.1 Å². The molecule has 1 aromatic heterocycles. The van der Waals surface area contributed by atoms with Crippen molar-refractivity contribution in [2.45, 2.75) is 19.3 Å². The van der Waals surface area contributed by atoms with E-state index in [-0.39, 0.29) is 29.9 Å². The third-order valence-electron chi connectivity index (χ3n) is 5.03. The summed E-state index contributed by atoms with van der Waals surface area (Å²) >= 11 is 6.04. The average molecular weight is 417 g/mol. The van der Waals surface area contributed by atoms with Crippen molar-refractivity contribution in [3.8, 4) is 0 Å². The van der Waals surface area contributed by atoms with Gasteiger partial charge in [0, 0.05) is 30.2 Å². The summed E-state index contributed by atoms with van der Waals surface area (Å²) in [5.41, 5.74) is 8.08. The lowest BCUT2D eigenvalue weighted by molar-refractivity contribution is -0.123. The van der Waals surface area contributed by atoms with Crippen molar-refractivity contribution in [3.05, 3.63) is 34.3 Å². The number of nitrogens with one attached hydrogen (secondary N) is 2. The van der Waals surface area contributed by atoms with Gasteiger partial charge in [-0.25, -0.2) is 0 Å². The van der Waals surface area contributed by atoms with Gasteiger partial charge in [0.15, 0.2) is 0 Å². The van der Waals surface area contributed by atoms with Gasteiger partial charge in [-0.2, -0.15) is 9.97 Å². The Balaban J connectivity index is 1.65. The van der Waals surface area contributed by atoms with E-state index in [0.29, 0.717) is 48.5 Å². The number of amides is 2. The van der Waals surface area contributed by atoms with Gasteiger partial charge in [-0.1, -0.05) is 17.7 Å². The first kappa shape index (κ1) is 19.4. The maximum Gasteiger partial charge on any atom is 0.232 e. The molecular formula is C19H21ClN6O3. The molecule has 0 bridgehead atoms. The van der Waals surface area contributed by atoms with E-state index < -0.39 is 5.92 Å². The minimum Gasteiger partial charge on any atom is -0.383 e. The van der Waals surface area contributed by atoms with Crippen LogP contribution in [0.4, 0.5) is 23.3 Å². The number of aryl methyl sites for hydroxylation is 1. The maximum atomic E-state index is 13.0. The summed E-state index contributed by atoms with van der Waals surface area (Å²) in [6.45, 7) is 4.25. The molecule has 0 unspecified atom stereocenters. The molecule has 4 N–H and O–H groups in total. The van der Waals surface area contributed by atoms with E-state index in [1.54, 1.807) is 12.1 Å². The van der Waals surface area contributed by atoms with Crippen molar-refractivity contribution in [1.29, 1.82) is 0 Å². The zero-order valence-corrected chi connectivity index (χ0v) is 16.6. The lowest BCUT2D eigenvalue weighted by Gasteiger charge is -2.30. The number of fused-ring (bicyclic) bond motifs is 1. The van der Waals surface area contributed by atoms with Crippen LogP contribution >= 0.6 is 11.6 Å². The van der Waals surface area contributed by atoms with Gasteiger partial charge in [0.05, 0.1) is 24.7 Å². The molecular weight excluding hydrogens is 396 g/mol. The Bertz CT molecular complexity index is 977. The number of halogens is 1. The Morgan fingerprint density at radius 2 is 2.10 bits per heavy atom. The van der Waals surface area contributed by atoms with Crippen molar-refractivity contribution >= 4 is 46.7 Å². The normalized spacial score (nSPS) is 18.8. The van der Waals surface area contributed by atoms with E-state index in [9.17, 15) is 9.59 Å². The highest BCUT2D eigenvalue weighted by Gasteiger charge is 2.35. The molecule has 10 heteroatoms. The smallest absolute Gasteiger partial charge is 0.232 e. The maximum absolute atomic E-state index is 13.0. The second-order valence-electron chi connectivity index (χ2n) is 7.02. The second kappa shape index (κ2) is 7.84. The number of aromatic nitrogens is 2. The minimum absolute atomic E-state index is 0.0388. The molecule has 1 aromatic carbocycles. The molecule has 0 radical (unpaired) electrons. The molecule has 4 rings (SSSR count). The molecule has 2 aliphatic rings. The number of rotatable bonds is 3. The summed E-state index contributed by atoms with van der Waals surface area (Å²) in [4.78, 5) is 36.1. The Morgan fingerprint density at radius 3 is 2.86 bits per heavy atom. The summed E-state index contributed by atoms with van der Waals surface area (Å²) in [7, 11) is 0. The molecule has 29 heavy (non-hydrogen) atoms. The highest BCUT2D eigenvalue weighted by atomic mass is 35.5. The number of anilines is 4. The predicted molar refractivity (Wildman–Crippen MR) is 110 cm³/mol. The largest absolute Gasteiger partial charge is 0.383 e. The van der Waals surface area contributed by atoms with Gasteiger partial charge >= 0.3 is 0 Å². The number of hydrogen-bond donors (Lipinski definition) is 3. The number of nitrogen functional groups attached to an aromatic ring is 1. The molecule has 3 heterocycles. The van der Waals surface area contributed by atoms with Gasteiger partial charge in [0.25, 0.3) is 0 Å². The van der Waals surface area contributed by atoms with Gasteiger partial charge in [0.2, 0.25) is 17.8 Å². The number of carbonyl (C=O) groups excluding carboxylic acids is 2. The molecule has 9 nitrogen and oxygen atoms in total. The van der Waals surface area contributed by atoms with Crippen LogP contribution in [0.3, 0.4) is 0 Å². The van der Waals surface area contributed by atoms with Crippen LogP contribution in [0.5, 0.6) is 0 Å². The van der Waals surface area contributed by atoms with Crippen LogP contribution in [0.1, 0.15) is 23.5 Å². The first-order chi connectivity index (χ1) is 13.9. The third kappa shape index (κ3) is 3.96. The van der Waals surface area contributed by atoms with Crippen LogP contribution in [-0.2, 0) is 14.3 Å². The van der Waals surface area contributed by atoms with Crippen molar-refractivity contribution in [2.24, 2.45) is 0 Å². The van der Waals surface area contributed by atoms with Gasteiger partial charge in [-0.05, 0) is 24.6 Å². The predicted octanol–water partition coefficient (Wildman–Crippen LogP) is 1.92. The summed E-state index contributed by atoms with van der Waals surface area (Å²) in [5, 5.41) is 6.07. The molecule has 0 spiro atoms. The van der Waals surface area contributed by atoms with E-state index in [1.807, 2.05) is 17.9 Å². The van der Waals surface area contributed by atoms with Crippen molar-refractivity contribution < 1.29 is 14.3 Å². The molecule has 152 valence electrons. The standard InChI is InChI=1S/C19H21ClN6O3/c1-10-2-3-11(20)8-13(10)22-18(28)12-9-14(27)23-17-15(12)16(21)24-19(25-17)26-4-6-29-7-5-26/h2-3,8,12H,4-7,9H2,1H3,(H,22,28)(H3,21,23,24,25,27)/t12-/m1/s1. The molecule has 1 fully saturated rings. The highest BCUT2D eigenvalue weighted by molar-refractivity contribution is 6.31. The zero-order valence-electron chi connectivity index (χ0n) is 15.9. The molecule has 2 aromatic rings. The number of nitrogens with zero attached hydrogens (tertiary/aromatic N) is 3. The Morgan fingerprint density at radius 1 is 1.34 bits per heavy atom. The van der Waals surface area contributed by atoms with Crippen LogP contribution in [0.2, 0.25) is 5.02 Å². The first-order valence-corrected chi connectivity index (χ1v) is 9.67. The number of morpholine rings is 1. The number of ether oxygens (including phenoxy) is 1. The van der Waals surface area contributed by atoms with Crippen LogP contribution < -0.4 is 21.3 Å². The molecule has 1 atom stereocenters. The molecule has 1 saturated heterocycles. The molecule has 0 saturated carbocycles. The van der Waals surface area contributed by atoms with Crippen molar-refractivity contribution in [2.75, 3.05) is 47.6 Å². The lowest BCUT2D eigenvalue weighted by Crippen LogP contribution is -2.38. The summed E-state index contributed by atoms with van der Waals surface area (Å²) in [6, 6.07) is 5.22.